The zero-order chi connectivity index (χ0) is 19.9. The number of benzene rings is 1. The van der Waals surface area contributed by atoms with Crippen LogP contribution >= 0.6 is 15.9 Å². The van der Waals surface area contributed by atoms with E-state index in [4.69, 9.17) is 14.2 Å². The van der Waals surface area contributed by atoms with Crippen LogP contribution in [0.25, 0.3) is 0 Å². The van der Waals surface area contributed by atoms with Gasteiger partial charge in [-0.15, -0.1) is 0 Å². The summed E-state index contributed by atoms with van der Waals surface area (Å²) in [5.74, 6) is -0.537. The molecule has 0 aliphatic carbocycles. The lowest BCUT2D eigenvalue weighted by Crippen LogP contribution is -2.34. The lowest BCUT2D eigenvalue weighted by molar-refractivity contribution is -0.135. The van der Waals surface area contributed by atoms with Gasteiger partial charge in [-0.2, -0.15) is 0 Å². The highest BCUT2D eigenvalue weighted by Gasteiger charge is 2.25. The van der Waals surface area contributed by atoms with Gasteiger partial charge in [0.05, 0.1) is 44.0 Å². The topological polar surface area (TPSA) is 94.1 Å². The molecule has 0 saturated carbocycles. The number of hydrogen-bond donors (Lipinski definition) is 2. The van der Waals surface area contributed by atoms with Crippen LogP contribution in [0.5, 0.6) is 11.5 Å². The summed E-state index contributed by atoms with van der Waals surface area (Å²) in [7, 11) is 4.10. The van der Waals surface area contributed by atoms with Crippen molar-refractivity contribution in [2.75, 3.05) is 27.9 Å². The van der Waals surface area contributed by atoms with Crippen molar-refractivity contribution in [2.24, 2.45) is 5.92 Å². The Kier molecular flexibility index (Phi) is 8.60. The van der Waals surface area contributed by atoms with Crippen molar-refractivity contribution >= 4 is 27.7 Å². The fraction of sp³-hybridized carbons (Fsp3) is 0.444. The smallest absolute Gasteiger partial charge is 0.343 e. The van der Waals surface area contributed by atoms with Gasteiger partial charge >= 0.3 is 5.97 Å². The van der Waals surface area contributed by atoms with Crippen molar-refractivity contribution in [2.45, 2.75) is 19.9 Å². The van der Waals surface area contributed by atoms with Crippen molar-refractivity contribution in [1.29, 1.82) is 0 Å². The second kappa shape index (κ2) is 10.2. The number of rotatable bonds is 9. The van der Waals surface area contributed by atoms with E-state index in [-0.39, 0.29) is 35.5 Å². The molecule has 0 aromatic heterocycles. The van der Waals surface area contributed by atoms with E-state index < -0.39 is 11.8 Å². The minimum atomic E-state index is -0.795. The van der Waals surface area contributed by atoms with Crippen LogP contribution in [0, 0.1) is 5.92 Å². The Morgan fingerprint density at radius 1 is 1.19 bits per heavy atom. The Morgan fingerprint density at radius 2 is 1.81 bits per heavy atom. The lowest BCUT2D eigenvalue weighted by Gasteiger charge is -2.19. The molecule has 0 spiro atoms. The first kappa shape index (κ1) is 22.0. The molecule has 0 fully saturated rings. The predicted molar refractivity (Wildman–Crippen MR) is 101 cm³/mol. The maximum Gasteiger partial charge on any atom is 0.343 e. The van der Waals surface area contributed by atoms with Crippen molar-refractivity contribution in [1.82, 2.24) is 5.32 Å². The van der Waals surface area contributed by atoms with Crippen LogP contribution < -0.4 is 14.8 Å². The summed E-state index contributed by atoms with van der Waals surface area (Å²) in [4.78, 5) is 25.0. The van der Waals surface area contributed by atoms with Gasteiger partial charge in [0.1, 0.15) is 17.1 Å². The molecule has 1 aromatic carbocycles. The van der Waals surface area contributed by atoms with Gasteiger partial charge in [0, 0.05) is 12.3 Å². The largest absolute Gasteiger partial charge is 0.496 e. The minimum Gasteiger partial charge on any atom is -0.496 e. The summed E-state index contributed by atoms with van der Waals surface area (Å²) in [6.45, 7) is 3.67. The third-order valence-corrected chi connectivity index (χ3v) is 4.43. The zero-order valence-corrected chi connectivity index (χ0v) is 17.0. The van der Waals surface area contributed by atoms with Crippen LogP contribution in [-0.2, 0) is 9.53 Å². The van der Waals surface area contributed by atoms with Gasteiger partial charge in [-0.3, -0.25) is 4.79 Å². The molecule has 0 heterocycles. The average molecular weight is 430 g/mol. The Hall–Kier alpha value is -2.06. The Bertz CT molecular complexity index is 687. The summed E-state index contributed by atoms with van der Waals surface area (Å²) in [6.07, 6.45) is 1.27. The van der Waals surface area contributed by atoms with Crippen LogP contribution in [0.2, 0.25) is 0 Å². The van der Waals surface area contributed by atoms with Gasteiger partial charge < -0.3 is 24.6 Å². The second-order valence-electron chi connectivity index (χ2n) is 5.77. The molecule has 0 radical (unpaired) electrons. The zero-order valence-electron chi connectivity index (χ0n) is 15.5. The number of aliphatic hydroxyl groups excluding tert-OH is 1. The van der Waals surface area contributed by atoms with E-state index in [0.29, 0.717) is 10.2 Å². The first-order chi connectivity index (χ1) is 12.3. The number of Topliss-reactive ketones (excluding diaryl/α,β-unsaturated/α-hetero) is 1. The van der Waals surface area contributed by atoms with Gasteiger partial charge in [0.25, 0.3) is 0 Å². The van der Waals surface area contributed by atoms with E-state index in [0.717, 1.165) is 0 Å². The van der Waals surface area contributed by atoms with Crippen LogP contribution in [0.4, 0.5) is 0 Å². The van der Waals surface area contributed by atoms with Gasteiger partial charge in [0.2, 0.25) is 5.78 Å². The first-order valence-corrected chi connectivity index (χ1v) is 8.71. The van der Waals surface area contributed by atoms with E-state index >= 15 is 0 Å². The predicted octanol–water partition coefficient (Wildman–Crippen LogP) is 2.31. The summed E-state index contributed by atoms with van der Waals surface area (Å²) in [5, 5.41) is 12.3. The summed E-state index contributed by atoms with van der Waals surface area (Å²) in [5.41, 5.74) is -0.0364. The third-order valence-electron chi connectivity index (χ3n) is 3.81. The number of halogens is 1. The van der Waals surface area contributed by atoms with Crippen LogP contribution in [-0.4, -0.2) is 50.8 Å². The van der Waals surface area contributed by atoms with E-state index in [1.807, 2.05) is 13.8 Å². The second-order valence-corrected chi connectivity index (χ2v) is 6.62. The quantitative estimate of drug-likeness (QED) is 0.204. The van der Waals surface area contributed by atoms with Crippen molar-refractivity contribution in [3.05, 3.63) is 33.9 Å². The number of carbonyl (C=O) groups excluding carboxylic acids is 2. The van der Waals surface area contributed by atoms with Crippen molar-refractivity contribution in [3.8, 4) is 11.5 Å². The van der Waals surface area contributed by atoms with Gasteiger partial charge in [0.15, 0.2) is 0 Å². The van der Waals surface area contributed by atoms with E-state index in [9.17, 15) is 14.7 Å². The number of methoxy groups -OCH3 is 3. The number of carbonyl (C=O) groups is 2. The van der Waals surface area contributed by atoms with E-state index in [1.54, 1.807) is 6.07 Å². The van der Waals surface area contributed by atoms with Gasteiger partial charge in [-0.1, -0.05) is 13.8 Å². The van der Waals surface area contributed by atoms with E-state index in [1.165, 1.54) is 33.6 Å². The molecule has 1 aromatic rings. The minimum absolute atomic E-state index is 0.0925. The molecule has 0 amide bonds. The summed E-state index contributed by atoms with van der Waals surface area (Å²) in [6, 6.07) is 2.75. The molecule has 0 aliphatic rings. The molecule has 2 N–H and O–H groups in total. The summed E-state index contributed by atoms with van der Waals surface area (Å²) >= 11 is 3.32. The SMILES string of the molecule is COC(=O)/C(=C\NC(CO)C(C)C)C(=O)c1cc(Br)c(OC)cc1OC. The van der Waals surface area contributed by atoms with E-state index in [2.05, 4.69) is 21.2 Å². The van der Waals surface area contributed by atoms with Crippen LogP contribution in [0.15, 0.2) is 28.4 Å². The van der Waals surface area contributed by atoms with Gasteiger partial charge in [-0.05, 0) is 27.9 Å². The average Bonchev–Trinajstić information content (AvgIpc) is 2.63. The maximum atomic E-state index is 12.9. The Labute approximate surface area is 161 Å². The molecule has 0 bridgehead atoms. The van der Waals surface area contributed by atoms with Crippen LogP contribution in [0.1, 0.15) is 24.2 Å². The molecule has 1 rings (SSSR count). The highest BCUT2D eigenvalue weighted by molar-refractivity contribution is 9.10. The normalized spacial score (nSPS) is 12.5. The molecule has 1 atom stereocenters. The van der Waals surface area contributed by atoms with Crippen LogP contribution in [0.3, 0.4) is 0 Å². The monoisotopic (exact) mass is 429 g/mol. The van der Waals surface area contributed by atoms with Gasteiger partial charge in [-0.25, -0.2) is 4.79 Å². The first-order valence-electron chi connectivity index (χ1n) is 7.92. The number of nitrogens with one attached hydrogen (secondary N) is 1. The maximum absolute atomic E-state index is 12.9. The number of hydrogen-bond acceptors (Lipinski definition) is 7. The number of aliphatic hydroxyl groups is 1. The molecule has 144 valence electrons. The highest BCUT2D eigenvalue weighted by atomic mass is 79.9. The summed E-state index contributed by atoms with van der Waals surface area (Å²) < 4.78 is 15.7. The standard InChI is InChI=1S/C18H24BrNO6/c1-10(2)14(9-21)20-8-12(18(23)26-5)17(22)11-6-13(19)16(25-4)7-15(11)24-3/h6-8,10,14,20-21H,9H2,1-5H3/b12-8-. The highest BCUT2D eigenvalue weighted by Crippen LogP contribution is 2.34. The lowest BCUT2D eigenvalue weighted by atomic mass is 10.0. The Balaban J connectivity index is 3.34. The number of esters is 1. The molecule has 1 unspecified atom stereocenters. The van der Waals surface area contributed by atoms with Crippen molar-refractivity contribution in [3.63, 3.8) is 0 Å². The number of ketones is 1. The molecule has 0 saturated heterocycles. The molecule has 0 aliphatic heterocycles. The molecular weight excluding hydrogens is 406 g/mol. The molecule has 26 heavy (non-hydrogen) atoms. The third kappa shape index (κ3) is 5.22. The fourth-order valence-electron chi connectivity index (χ4n) is 2.16. The molecular formula is C18H24BrNO6. The number of ether oxygens (including phenoxy) is 3. The molecule has 7 nitrogen and oxygen atoms in total. The Morgan fingerprint density at radius 3 is 2.27 bits per heavy atom. The van der Waals surface area contributed by atoms with Crippen molar-refractivity contribution < 1.29 is 28.9 Å². The molecule has 8 heteroatoms. The fourth-order valence-corrected chi connectivity index (χ4v) is 2.66.